The zero-order valence-electron chi connectivity index (χ0n) is 16.5. The summed E-state index contributed by atoms with van der Waals surface area (Å²) in [6, 6.07) is 7.55. The third kappa shape index (κ3) is 4.86. The normalized spacial score (nSPS) is 20.8. The quantitative estimate of drug-likeness (QED) is 0.665. The number of nitrogens with two attached hydrogens (primary N) is 1. The molecule has 158 valence electrons. The molecular formula is C20H23FN6O3. The minimum Gasteiger partial charge on any atom is -0.446 e. The van der Waals surface area contributed by atoms with Gasteiger partial charge in [0.2, 0.25) is 0 Å². The molecule has 0 saturated heterocycles. The molecule has 0 aliphatic heterocycles. The molecule has 10 heteroatoms. The molecule has 9 nitrogen and oxygen atoms in total. The third-order valence-electron chi connectivity index (χ3n) is 4.97. The summed E-state index contributed by atoms with van der Waals surface area (Å²) in [5, 5.41) is 19.6. The summed E-state index contributed by atoms with van der Waals surface area (Å²) in [4.78, 5) is 23.5. The molecule has 0 radical (unpaired) electrons. The molecule has 1 aromatic carbocycles. The molecule has 1 heterocycles. The van der Waals surface area contributed by atoms with E-state index in [1.165, 1.54) is 30.5 Å². The van der Waals surface area contributed by atoms with E-state index in [4.69, 9.17) is 10.5 Å². The van der Waals surface area contributed by atoms with Gasteiger partial charge in [0.15, 0.2) is 5.82 Å². The number of nitriles is 1. The van der Waals surface area contributed by atoms with Crippen LogP contribution < -0.4 is 16.4 Å². The van der Waals surface area contributed by atoms with Gasteiger partial charge in [0, 0.05) is 24.8 Å². The molecule has 0 unspecified atom stereocenters. The fourth-order valence-electron chi connectivity index (χ4n) is 3.52. The predicted octanol–water partition coefficient (Wildman–Crippen LogP) is 2.84. The number of anilines is 2. The second-order valence-corrected chi connectivity index (χ2v) is 7.04. The highest BCUT2D eigenvalue weighted by Gasteiger charge is 2.35. The molecule has 4 N–H and O–H groups in total. The first-order valence-electron chi connectivity index (χ1n) is 9.67. The minimum atomic E-state index is -0.673. The van der Waals surface area contributed by atoms with Gasteiger partial charge < -0.3 is 21.1 Å². The molecule has 1 saturated carbocycles. The largest absolute Gasteiger partial charge is 0.446 e. The molecule has 2 aromatic rings. The van der Waals surface area contributed by atoms with Crippen molar-refractivity contribution in [1.29, 1.82) is 5.26 Å². The number of hydrogen-bond donors (Lipinski definition) is 3. The van der Waals surface area contributed by atoms with Crippen LogP contribution in [0.3, 0.4) is 0 Å². The van der Waals surface area contributed by atoms with Gasteiger partial charge in [-0.3, -0.25) is 9.48 Å². The standard InChI is InChI=1S/C20H23FN6O3/c1-2-24-20(29)30-15-7-8-17(12(9-15)10-22)27-11-16(18(23)28)19(26-27)25-14-5-3-13(21)4-6-14/h3-6,11-12,15,17H,2,7-9H2,1H3,(H2,23,28)(H,24,29)(H,25,26)/t12-,15-,17+/m1/s1. The number of nitrogens with one attached hydrogen (secondary N) is 2. The van der Waals surface area contributed by atoms with Gasteiger partial charge in [0.25, 0.3) is 5.91 Å². The van der Waals surface area contributed by atoms with E-state index in [1.807, 2.05) is 0 Å². The molecule has 1 aliphatic carbocycles. The molecule has 1 aromatic heterocycles. The number of carbonyl (C=O) groups excluding carboxylic acids is 2. The van der Waals surface area contributed by atoms with Crippen molar-refractivity contribution in [3.05, 3.63) is 41.8 Å². The van der Waals surface area contributed by atoms with E-state index in [2.05, 4.69) is 21.8 Å². The Bertz CT molecular complexity index is 952. The summed E-state index contributed by atoms with van der Waals surface area (Å²) in [5.74, 6) is -1.29. The van der Waals surface area contributed by atoms with E-state index < -0.39 is 17.9 Å². The van der Waals surface area contributed by atoms with Crippen LogP contribution in [0.2, 0.25) is 0 Å². The van der Waals surface area contributed by atoms with Gasteiger partial charge in [-0.15, -0.1) is 0 Å². The second-order valence-electron chi connectivity index (χ2n) is 7.04. The third-order valence-corrected chi connectivity index (χ3v) is 4.97. The predicted molar refractivity (Wildman–Crippen MR) is 106 cm³/mol. The maximum atomic E-state index is 13.1. The van der Waals surface area contributed by atoms with Crippen molar-refractivity contribution >= 4 is 23.5 Å². The number of benzene rings is 1. The average Bonchev–Trinajstić information content (AvgIpc) is 3.13. The number of alkyl carbamates (subject to hydrolysis) is 1. The van der Waals surface area contributed by atoms with Crippen LogP contribution in [0.15, 0.2) is 30.5 Å². The summed E-state index contributed by atoms with van der Waals surface area (Å²) >= 11 is 0. The summed E-state index contributed by atoms with van der Waals surface area (Å²) in [5.41, 5.74) is 6.19. The first-order chi connectivity index (χ1) is 14.4. The van der Waals surface area contributed by atoms with E-state index in [-0.39, 0.29) is 29.3 Å². The minimum absolute atomic E-state index is 0.164. The van der Waals surface area contributed by atoms with E-state index in [1.54, 1.807) is 11.6 Å². The molecule has 1 aliphatic rings. The lowest BCUT2D eigenvalue weighted by atomic mass is 9.83. The average molecular weight is 414 g/mol. The highest BCUT2D eigenvalue weighted by atomic mass is 19.1. The summed E-state index contributed by atoms with van der Waals surface area (Å²) in [6.07, 6.45) is 2.11. The van der Waals surface area contributed by atoms with Crippen molar-refractivity contribution in [1.82, 2.24) is 15.1 Å². The smallest absolute Gasteiger partial charge is 0.407 e. The molecule has 3 rings (SSSR count). The van der Waals surface area contributed by atoms with Crippen molar-refractivity contribution in [2.45, 2.75) is 38.3 Å². The summed E-state index contributed by atoms with van der Waals surface area (Å²) < 4.78 is 20.0. The fraction of sp³-hybridized carbons (Fsp3) is 0.400. The van der Waals surface area contributed by atoms with Crippen molar-refractivity contribution < 1.29 is 18.7 Å². The van der Waals surface area contributed by atoms with Gasteiger partial charge in [0.05, 0.1) is 18.0 Å². The monoisotopic (exact) mass is 414 g/mol. The first kappa shape index (κ1) is 21.1. The van der Waals surface area contributed by atoms with Crippen LogP contribution in [0, 0.1) is 23.1 Å². The number of nitrogens with zero attached hydrogens (tertiary/aromatic N) is 3. The number of rotatable bonds is 6. The Kier molecular flexibility index (Phi) is 6.51. The van der Waals surface area contributed by atoms with Crippen LogP contribution in [-0.4, -0.2) is 34.4 Å². The Balaban J connectivity index is 1.78. The molecule has 0 bridgehead atoms. The maximum Gasteiger partial charge on any atom is 0.407 e. The fourth-order valence-corrected chi connectivity index (χ4v) is 3.52. The summed E-state index contributed by atoms with van der Waals surface area (Å²) in [6.45, 7) is 2.25. The van der Waals surface area contributed by atoms with Gasteiger partial charge in [-0.25, -0.2) is 9.18 Å². The molecular weight excluding hydrogens is 391 g/mol. The van der Waals surface area contributed by atoms with Gasteiger partial charge in [0.1, 0.15) is 17.5 Å². The van der Waals surface area contributed by atoms with Crippen LogP contribution in [0.1, 0.15) is 42.6 Å². The Labute approximate surface area is 173 Å². The van der Waals surface area contributed by atoms with E-state index >= 15 is 0 Å². The Hall–Kier alpha value is -3.61. The van der Waals surface area contributed by atoms with Gasteiger partial charge in [-0.2, -0.15) is 10.4 Å². The van der Waals surface area contributed by atoms with Crippen molar-refractivity contribution in [2.24, 2.45) is 11.7 Å². The van der Waals surface area contributed by atoms with Crippen LogP contribution in [0.5, 0.6) is 0 Å². The molecule has 2 amide bonds. The van der Waals surface area contributed by atoms with Gasteiger partial charge in [-0.05, 0) is 44.0 Å². The zero-order valence-corrected chi connectivity index (χ0v) is 16.5. The first-order valence-corrected chi connectivity index (χ1v) is 9.67. The maximum absolute atomic E-state index is 13.1. The molecule has 3 atom stereocenters. The second kappa shape index (κ2) is 9.26. The molecule has 30 heavy (non-hydrogen) atoms. The lowest BCUT2D eigenvalue weighted by Gasteiger charge is -2.32. The Morgan fingerprint density at radius 3 is 2.73 bits per heavy atom. The van der Waals surface area contributed by atoms with Gasteiger partial charge in [-0.1, -0.05) is 0 Å². The lowest BCUT2D eigenvalue weighted by molar-refractivity contribution is 0.0519. The number of hydrogen-bond acceptors (Lipinski definition) is 6. The number of primary amides is 1. The number of halogens is 1. The number of carbonyl (C=O) groups is 2. The number of amides is 2. The van der Waals surface area contributed by atoms with Crippen molar-refractivity contribution in [3.63, 3.8) is 0 Å². The summed E-state index contributed by atoms with van der Waals surface area (Å²) in [7, 11) is 0. The number of ether oxygens (including phenoxy) is 1. The Morgan fingerprint density at radius 1 is 1.37 bits per heavy atom. The molecule has 0 spiro atoms. The van der Waals surface area contributed by atoms with Crippen LogP contribution in [0.25, 0.3) is 0 Å². The van der Waals surface area contributed by atoms with Gasteiger partial charge >= 0.3 is 6.09 Å². The highest BCUT2D eigenvalue weighted by molar-refractivity contribution is 5.98. The van der Waals surface area contributed by atoms with Crippen LogP contribution in [-0.2, 0) is 4.74 Å². The van der Waals surface area contributed by atoms with Crippen molar-refractivity contribution in [2.75, 3.05) is 11.9 Å². The number of aromatic nitrogens is 2. The SMILES string of the molecule is CCNC(=O)O[C@@H]1CC[C@H](n2cc(C(N)=O)c(Nc3ccc(F)cc3)n2)[C@@H](C#N)C1. The van der Waals surface area contributed by atoms with E-state index in [9.17, 15) is 19.2 Å². The van der Waals surface area contributed by atoms with E-state index in [0.717, 1.165) is 0 Å². The van der Waals surface area contributed by atoms with Crippen LogP contribution >= 0.6 is 0 Å². The molecule has 1 fully saturated rings. The topological polar surface area (TPSA) is 135 Å². The highest BCUT2D eigenvalue weighted by Crippen LogP contribution is 2.36. The van der Waals surface area contributed by atoms with Crippen LogP contribution in [0.4, 0.5) is 20.7 Å². The lowest BCUT2D eigenvalue weighted by Crippen LogP contribution is -2.35. The zero-order chi connectivity index (χ0) is 21.7. The van der Waals surface area contributed by atoms with E-state index in [0.29, 0.717) is 31.5 Å². The Morgan fingerprint density at radius 2 is 2.10 bits per heavy atom. The van der Waals surface area contributed by atoms with Crippen molar-refractivity contribution in [3.8, 4) is 6.07 Å².